The van der Waals surface area contributed by atoms with Crippen LogP contribution in [-0.2, 0) is 25.4 Å². The van der Waals surface area contributed by atoms with Crippen molar-refractivity contribution in [2.45, 2.75) is 77.9 Å². The molecule has 1 rings (SSSR count). The minimum Gasteiger partial charge on any atom is -0.496 e. The highest BCUT2D eigenvalue weighted by Crippen LogP contribution is 2.27. The number of methoxy groups -OCH3 is 2. The first kappa shape index (κ1) is 32.2. The Morgan fingerprint density at radius 3 is 2.59 bits per heavy atom. The fourth-order valence-electron chi connectivity index (χ4n) is 3.75. The average Bonchev–Trinajstić information content (AvgIpc) is 2.90. The number of benzene rings is 1. The first-order valence-electron chi connectivity index (χ1n) is 13.1. The molecule has 0 radical (unpaired) electrons. The first-order valence-corrected chi connectivity index (χ1v) is 13.1. The van der Waals surface area contributed by atoms with Crippen LogP contribution in [0.1, 0.15) is 75.2 Å². The number of ether oxygens (including phenoxy) is 5. The Labute approximate surface area is 222 Å². The van der Waals surface area contributed by atoms with Crippen molar-refractivity contribution < 1.29 is 33.3 Å². The lowest BCUT2D eigenvalue weighted by atomic mass is 9.95. The summed E-state index contributed by atoms with van der Waals surface area (Å²) in [6.45, 7) is 10.6. The second-order valence-electron chi connectivity index (χ2n) is 8.87. The number of hydrogen-bond acceptors (Lipinski definition) is 7. The smallest absolute Gasteiger partial charge is 0.411 e. The number of carbonyl (C=O) groups excluding carboxylic acids is 2. The van der Waals surface area contributed by atoms with Crippen LogP contribution in [0, 0.1) is 5.92 Å². The minimum absolute atomic E-state index is 0.146. The Morgan fingerprint density at radius 2 is 1.95 bits per heavy atom. The Balaban J connectivity index is 3.01. The normalized spacial score (nSPS) is 13.5. The number of rotatable bonds is 19. The van der Waals surface area contributed by atoms with E-state index in [1.165, 1.54) is 13.3 Å². The van der Waals surface area contributed by atoms with Gasteiger partial charge in [0.25, 0.3) is 0 Å². The summed E-state index contributed by atoms with van der Waals surface area (Å²) in [7, 11) is 3.10. The molecule has 0 aromatic heterocycles. The summed E-state index contributed by atoms with van der Waals surface area (Å²) in [5.74, 6) is 0.185. The van der Waals surface area contributed by atoms with Crippen molar-refractivity contribution in [1.82, 2.24) is 5.32 Å². The highest BCUT2D eigenvalue weighted by Gasteiger charge is 2.26. The van der Waals surface area contributed by atoms with Gasteiger partial charge < -0.3 is 23.7 Å². The first-order chi connectivity index (χ1) is 17.9. The molecule has 0 heterocycles. The maximum Gasteiger partial charge on any atom is 0.411 e. The van der Waals surface area contributed by atoms with Crippen LogP contribution in [-0.4, -0.2) is 51.9 Å². The van der Waals surface area contributed by atoms with Crippen LogP contribution in [0.3, 0.4) is 0 Å². The summed E-state index contributed by atoms with van der Waals surface area (Å²) in [5.41, 5.74) is 1.15. The zero-order chi connectivity index (χ0) is 27.5. The quantitative estimate of drug-likeness (QED) is 0.101. The van der Waals surface area contributed by atoms with Gasteiger partial charge >= 0.3 is 12.1 Å². The van der Waals surface area contributed by atoms with Crippen molar-refractivity contribution in [3.8, 4) is 5.75 Å². The molecule has 208 valence electrons. The van der Waals surface area contributed by atoms with Crippen LogP contribution >= 0.6 is 0 Å². The Morgan fingerprint density at radius 1 is 1.16 bits per heavy atom. The molecule has 1 aromatic carbocycles. The number of allylic oxidation sites excluding steroid dienone is 1. The lowest BCUT2D eigenvalue weighted by molar-refractivity contribution is -0.103. The average molecular weight is 520 g/mol. The predicted molar refractivity (Wildman–Crippen MR) is 145 cm³/mol. The molecule has 1 amide bonds. The summed E-state index contributed by atoms with van der Waals surface area (Å²) >= 11 is 0. The van der Waals surface area contributed by atoms with Gasteiger partial charge in [-0.15, -0.1) is 6.58 Å². The number of amides is 1. The molecular weight excluding hydrogens is 474 g/mol. The zero-order valence-corrected chi connectivity index (χ0v) is 23.1. The SMILES string of the molecule is C=CCc1cccc(OC)c1C(=O)O[C@@H](C/C=C/NC(=O)OCCCCC)CC(OCOC)[C@@H](C)CC. The maximum atomic E-state index is 13.4. The van der Waals surface area contributed by atoms with E-state index in [-0.39, 0.29) is 18.8 Å². The van der Waals surface area contributed by atoms with E-state index in [1.807, 2.05) is 12.1 Å². The van der Waals surface area contributed by atoms with E-state index >= 15 is 0 Å². The summed E-state index contributed by atoms with van der Waals surface area (Å²) in [6.07, 6.45) is 8.93. The second kappa shape index (κ2) is 19.3. The van der Waals surface area contributed by atoms with E-state index in [0.29, 0.717) is 37.2 Å². The molecule has 1 unspecified atom stereocenters. The predicted octanol–water partition coefficient (Wildman–Crippen LogP) is 6.19. The van der Waals surface area contributed by atoms with E-state index in [2.05, 4.69) is 32.7 Å². The molecule has 0 aliphatic rings. The molecule has 0 spiro atoms. The molecule has 8 nitrogen and oxygen atoms in total. The third-order valence-corrected chi connectivity index (χ3v) is 6.05. The Bertz CT molecular complexity index is 840. The Kier molecular flexibility index (Phi) is 16.8. The van der Waals surface area contributed by atoms with E-state index in [9.17, 15) is 9.59 Å². The molecule has 0 saturated carbocycles. The molecule has 1 N–H and O–H groups in total. The van der Waals surface area contributed by atoms with Crippen molar-refractivity contribution in [3.63, 3.8) is 0 Å². The van der Waals surface area contributed by atoms with Crippen LogP contribution in [0.2, 0.25) is 0 Å². The lowest BCUT2D eigenvalue weighted by Gasteiger charge is -2.27. The second-order valence-corrected chi connectivity index (χ2v) is 8.87. The molecule has 8 heteroatoms. The van der Waals surface area contributed by atoms with Crippen LogP contribution in [0.15, 0.2) is 43.1 Å². The Hall–Kier alpha value is -2.84. The summed E-state index contributed by atoms with van der Waals surface area (Å²) in [4.78, 5) is 25.2. The van der Waals surface area contributed by atoms with Crippen molar-refractivity contribution >= 4 is 12.1 Å². The fraction of sp³-hybridized carbons (Fsp3) is 0.586. The van der Waals surface area contributed by atoms with Crippen LogP contribution in [0.25, 0.3) is 0 Å². The number of esters is 1. The van der Waals surface area contributed by atoms with Gasteiger partial charge in [-0.05, 0) is 30.4 Å². The molecule has 0 saturated heterocycles. The zero-order valence-electron chi connectivity index (χ0n) is 23.1. The molecule has 1 aromatic rings. The molecule has 0 fully saturated rings. The van der Waals surface area contributed by atoms with Gasteiger partial charge in [0.15, 0.2) is 0 Å². The van der Waals surface area contributed by atoms with Gasteiger partial charge in [-0.3, -0.25) is 5.32 Å². The van der Waals surface area contributed by atoms with Gasteiger partial charge in [-0.1, -0.05) is 64.3 Å². The monoisotopic (exact) mass is 519 g/mol. The van der Waals surface area contributed by atoms with Crippen molar-refractivity contribution in [3.05, 3.63) is 54.3 Å². The van der Waals surface area contributed by atoms with E-state index in [1.54, 1.807) is 25.3 Å². The van der Waals surface area contributed by atoms with Gasteiger partial charge in [0.2, 0.25) is 0 Å². The van der Waals surface area contributed by atoms with Gasteiger partial charge in [-0.2, -0.15) is 0 Å². The van der Waals surface area contributed by atoms with Gasteiger partial charge in [0.1, 0.15) is 24.2 Å². The third-order valence-electron chi connectivity index (χ3n) is 6.05. The largest absolute Gasteiger partial charge is 0.496 e. The maximum absolute atomic E-state index is 13.4. The molecular formula is C29H45NO7. The summed E-state index contributed by atoms with van der Waals surface area (Å²) in [6, 6.07) is 5.42. The molecule has 0 aliphatic heterocycles. The minimum atomic E-state index is -0.511. The lowest BCUT2D eigenvalue weighted by Crippen LogP contribution is -2.30. The highest BCUT2D eigenvalue weighted by atomic mass is 16.7. The van der Waals surface area contributed by atoms with Gasteiger partial charge in [0, 0.05) is 26.2 Å². The number of carbonyl (C=O) groups is 2. The van der Waals surface area contributed by atoms with Crippen molar-refractivity contribution in [2.75, 3.05) is 27.6 Å². The van der Waals surface area contributed by atoms with Crippen LogP contribution in [0.4, 0.5) is 4.79 Å². The third kappa shape index (κ3) is 12.3. The molecule has 0 bridgehead atoms. The molecule has 37 heavy (non-hydrogen) atoms. The van der Waals surface area contributed by atoms with E-state index < -0.39 is 18.2 Å². The van der Waals surface area contributed by atoms with Crippen molar-refractivity contribution in [2.24, 2.45) is 5.92 Å². The summed E-state index contributed by atoms with van der Waals surface area (Å²) in [5, 5.41) is 2.60. The van der Waals surface area contributed by atoms with Crippen LogP contribution in [0.5, 0.6) is 5.75 Å². The number of unbranched alkanes of at least 4 members (excludes halogenated alkanes) is 2. The highest BCUT2D eigenvalue weighted by molar-refractivity contribution is 5.94. The number of hydrogen-bond donors (Lipinski definition) is 1. The van der Waals surface area contributed by atoms with Crippen molar-refractivity contribution in [1.29, 1.82) is 0 Å². The van der Waals surface area contributed by atoms with E-state index in [4.69, 9.17) is 23.7 Å². The van der Waals surface area contributed by atoms with Gasteiger partial charge in [0.05, 0.1) is 19.8 Å². The number of alkyl carbamates (subject to hydrolysis) is 1. The molecule has 0 aliphatic carbocycles. The fourth-order valence-corrected chi connectivity index (χ4v) is 3.75. The summed E-state index contributed by atoms with van der Waals surface area (Å²) < 4.78 is 27.6. The van der Waals surface area contributed by atoms with Crippen LogP contribution < -0.4 is 10.1 Å². The van der Waals surface area contributed by atoms with Gasteiger partial charge in [-0.25, -0.2) is 9.59 Å². The molecule has 3 atom stereocenters. The van der Waals surface area contributed by atoms with E-state index in [0.717, 1.165) is 31.2 Å². The number of nitrogens with one attached hydrogen (secondary N) is 1. The standard InChI is InChI=1S/C29H45NO7/c1-7-10-11-19-35-29(32)30-18-13-16-24(20-26(22(4)9-3)36-21-33-5)37-28(31)27-23(14-8-2)15-12-17-25(27)34-6/h8,12-13,15,17-18,22,24,26H,2,7,9-11,14,16,19-21H2,1,3-6H3,(H,30,32)/b18-13+/t22-,24-,26?/m0/s1. The topological polar surface area (TPSA) is 92.3 Å².